The maximum atomic E-state index is 12.1. The maximum Gasteiger partial charge on any atom is 0.326 e. The molecule has 0 spiro atoms. The Hall–Kier alpha value is -3.71. The number of aliphatic carboxylic acids is 1. The Morgan fingerprint density at radius 2 is 1.87 bits per heavy atom. The molecule has 3 N–H and O–H groups in total. The van der Waals surface area contributed by atoms with Gasteiger partial charge in [-0.15, -0.1) is 11.3 Å². The van der Waals surface area contributed by atoms with Crippen LogP contribution in [0.15, 0.2) is 66.9 Å². The fourth-order valence-electron chi connectivity index (χ4n) is 3.77. The van der Waals surface area contributed by atoms with Gasteiger partial charge in [0.15, 0.2) is 0 Å². The summed E-state index contributed by atoms with van der Waals surface area (Å²) in [7, 11) is 0. The van der Waals surface area contributed by atoms with Crippen molar-refractivity contribution in [2.24, 2.45) is 0 Å². The second kappa shape index (κ2) is 7.85. The van der Waals surface area contributed by atoms with E-state index >= 15 is 0 Å². The highest BCUT2D eigenvalue weighted by atomic mass is 32.1. The molecular weight excluding hydrogens is 408 g/mol. The Morgan fingerprint density at radius 1 is 1.10 bits per heavy atom. The third-order valence-corrected chi connectivity index (χ3v) is 6.35. The molecule has 154 valence electrons. The summed E-state index contributed by atoms with van der Waals surface area (Å²) in [4.78, 5) is 26.3. The van der Waals surface area contributed by atoms with Crippen molar-refractivity contribution in [3.05, 3.63) is 78.2 Å². The molecule has 0 aliphatic heterocycles. The van der Waals surface area contributed by atoms with Gasteiger partial charge in [0, 0.05) is 28.4 Å². The van der Waals surface area contributed by atoms with Crippen LogP contribution in [0.25, 0.3) is 31.6 Å². The maximum absolute atomic E-state index is 12.1. The first-order valence-corrected chi connectivity index (χ1v) is 10.8. The molecule has 5 aromatic rings. The number of nitrogens with one attached hydrogen (secondary N) is 2. The van der Waals surface area contributed by atoms with Gasteiger partial charge < -0.3 is 15.4 Å². The number of thiophene rings is 1. The first-order chi connectivity index (χ1) is 15.1. The third-order valence-electron chi connectivity index (χ3n) is 5.27. The van der Waals surface area contributed by atoms with E-state index in [1.54, 1.807) is 11.3 Å². The van der Waals surface area contributed by atoms with Gasteiger partial charge in [-0.05, 0) is 30.2 Å². The Kier molecular flexibility index (Phi) is 4.88. The van der Waals surface area contributed by atoms with Gasteiger partial charge in [-0.1, -0.05) is 48.5 Å². The standard InChI is InChI=1S/C24H20N4O2S/c1-14-26-22(18-12-21(31-23(18)27-14)15-7-3-2-4-8-15)28-20(24(29)30)11-16-13-25-19-10-6-5-9-17(16)19/h2-10,12-13,20,25H,11H2,1H3,(H,29,30)(H,26,27,28). The lowest BCUT2D eigenvalue weighted by atomic mass is 10.0. The van der Waals surface area contributed by atoms with Crippen LogP contribution in [0, 0.1) is 6.92 Å². The molecule has 2 aromatic carbocycles. The molecule has 31 heavy (non-hydrogen) atoms. The van der Waals surface area contributed by atoms with Crippen molar-refractivity contribution < 1.29 is 9.90 Å². The predicted octanol–water partition coefficient (Wildman–Crippen LogP) is 5.26. The van der Waals surface area contributed by atoms with E-state index in [9.17, 15) is 9.90 Å². The number of fused-ring (bicyclic) bond motifs is 2. The van der Waals surface area contributed by atoms with Crippen molar-refractivity contribution >= 4 is 44.2 Å². The zero-order valence-electron chi connectivity index (χ0n) is 16.8. The molecule has 0 radical (unpaired) electrons. The number of hydrogen-bond donors (Lipinski definition) is 3. The minimum Gasteiger partial charge on any atom is -0.480 e. The molecule has 0 saturated carbocycles. The summed E-state index contributed by atoms with van der Waals surface area (Å²) >= 11 is 1.58. The van der Waals surface area contributed by atoms with Gasteiger partial charge in [-0.25, -0.2) is 14.8 Å². The van der Waals surface area contributed by atoms with Crippen molar-refractivity contribution in [3.63, 3.8) is 0 Å². The SMILES string of the molecule is Cc1nc(NC(Cc2c[nH]c3ccccc23)C(=O)O)c2cc(-c3ccccc3)sc2n1. The normalized spacial score (nSPS) is 12.3. The summed E-state index contributed by atoms with van der Waals surface area (Å²) in [5.41, 5.74) is 3.04. The fourth-order valence-corrected chi connectivity index (χ4v) is 4.85. The molecule has 0 bridgehead atoms. The highest BCUT2D eigenvalue weighted by molar-refractivity contribution is 7.21. The van der Waals surface area contributed by atoms with Gasteiger partial charge in [-0.2, -0.15) is 0 Å². The number of aromatic nitrogens is 3. The number of aromatic amines is 1. The smallest absolute Gasteiger partial charge is 0.326 e. The first-order valence-electron chi connectivity index (χ1n) is 9.96. The Morgan fingerprint density at radius 3 is 2.68 bits per heavy atom. The topological polar surface area (TPSA) is 90.9 Å². The molecule has 0 amide bonds. The number of nitrogens with zero attached hydrogens (tertiary/aromatic N) is 2. The van der Waals surface area contributed by atoms with Crippen molar-refractivity contribution in [1.29, 1.82) is 0 Å². The zero-order valence-corrected chi connectivity index (χ0v) is 17.6. The number of H-pyrrole nitrogens is 1. The van der Waals surface area contributed by atoms with Crippen LogP contribution in [0.2, 0.25) is 0 Å². The highest BCUT2D eigenvalue weighted by Gasteiger charge is 2.22. The van der Waals surface area contributed by atoms with Crippen molar-refractivity contribution in [1.82, 2.24) is 15.0 Å². The summed E-state index contributed by atoms with van der Waals surface area (Å²) < 4.78 is 0. The van der Waals surface area contributed by atoms with Crippen LogP contribution in [0.5, 0.6) is 0 Å². The Bertz CT molecular complexity index is 1390. The molecule has 0 aliphatic carbocycles. The number of para-hydroxylation sites is 1. The average Bonchev–Trinajstić information content (AvgIpc) is 3.38. The number of aryl methyl sites for hydroxylation is 1. The van der Waals surface area contributed by atoms with Crippen LogP contribution < -0.4 is 5.32 Å². The second-order valence-electron chi connectivity index (χ2n) is 7.41. The molecule has 3 heterocycles. The van der Waals surface area contributed by atoms with Crippen molar-refractivity contribution in [3.8, 4) is 10.4 Å². The minimum absolute atomic E-state index is 0.333. The van der Waals surface area contributed by atoms with E-state index in [2.05, 4.69) is 32.4 Å². The number of hydrogen-bond acceptors (Lipinski definition) is 5. The Labute approximate surface area is 182 Å². The van der Waals surface area contributed by atoms with Crippen molar-refractivity contribution in [2.45, 2.75) is 19.4 Å². The van der Waals surface area contributed by atoms with Crippen LogP contribution in [0.1, 0.15) is 11.4 Å². The number of carboxylic acids is 1. The first kappa shape index (κ1) is 19.3. The lowest BCUT2D eigenvalue weighted by Crippen LogP contribution is -2.32. The molecule has 3 aromatic heterocycles. The summed E-state index contributed by atoms with van der Waals surface area (Å²) in [5.74, 6) is 0.231. The average molecular weight is 429 g/mol. The Balaban J connectivity index is 1.51. The van der Waals surface area contributed by atoms with Gasteiger partial charge in [0.25, 0.3) is 0 Å². The summed E-state index contributed by atoms with van der Waals surface area (Å²) in [6, 6.07) is 19.2. The molecule has 1 unspecified atom stereocenters. The number of carbonyl (C=O) groups is 1. The number of benzene rings is 2. The van der Waals surface area contributed by atoms with E-state index in [-0.39, 0.29) is 0 Å². The van der Waals surface area contributed by atoms with E-state index in [1.165, 1.54) is 0 Å². The third kappa shape index (κ3) is 3.75. The molecule has 5 rings (SSSR count). The van der Waals surface area contributed by atoms with E-state index in [0.717, 1.165) is 37.1 Å². The fraction of sp³-hybridized carbons (Fsp3) is 0.125. The van der Waals surface area contributed by atoms with Crippen molar-refractivity contribution in [2.75, 3.05) is 5.32 Å². The molecule has 1 atom stereocenters. The quantitative estimate of drug-likeness (QED) is 0.343. The zero-order chi connectivity index (χ0) is 21.4. The summed E-state index contributed by atoms with van der Waals surface area (Å²) in [6.07, 6.45) is 2.21. The molecule has 0 fully saturated rings. The monoisotopic (exact) mass is 428 g/mol. The van der Waals surface area contributed by atoms with Gasteiger partial charge in [0.05, 0.1) is 5.39 Å². The molecule has 0 aliphatic rings. The van der Waals surface area contributed by atoms with Crippen LogP contribution >= 0.6 is 11.3 Å². The van der Waals surface area contributed by atoms with E-state index in [1.807, 2.05) is 61.7 Å². The van der Waals surface area contributed by atoms with Gasteiger partial charge >= 0.3 is 5.97 Å². The van der Waals surface area contributed by atoms with Gasteiger partial charge in [0.2, 0.25) is 0 Å². The van der Waals surface area contributed by atoms with Gasteiger partial charge in [-0.3, -0.25) is 0 Å². The summed E-state index contributed by atoms with van der Waals surface area (Å²) in [5, 5.41) is 15.0. The van der Waals surface area contributed by atoms with E-state index < -0.39 is 12.0 Å². The van der Waals surface area contributed by atoms with Crippen LogP contribution in [0.3, 0.4) is 0 Å². The van der Waals surface area contributed by atoms with Crippen LogP contribution in [0.4, 0.5) is 5.82 Å². The highest BCUT2D eigenvalue weighted by Crippen LogP contribution is 2.35. The number of rotatable bonds is 6. The van der Waals surface area contributed by atoms with Gasteiger partial charge in [0.1, 0.15) is 22.5 Å². The van der Waals surface area contributed by atoms with E-state index in [4.69, 9.17) is 0 Å². The van der Waals surface area contributed by atoms with Crippen LogP contribution in [-0.2, 0) is 11.2 Å². The molecule has 0 saturated heterocycles. The van der Waals surface area contributed by atoms with Crippen LogP contribution in [-0.4, -0.2) is 32.1 Å². The molecule has 7 heteroatoms. The minimum atomic E-state index is -0.923. The molecule has 6 nitrogen and oxygen atoms in total. The number of anilines is 1. The largest absolute Gasteiger partial charge is 0.480 e. The predicted molar refractivity (Wildman–Crippen MR) is 125 cm³/mol. The lowest BCUT2D eigenvalue weighted by Gasteiger charge is -2.16. The lowest BCUT2D eigenvalue weighted by molar-refractivity contribution is -0.137. The molecular formula is C24H20N4O2S. The van der Waals surface area contributed by atoms with E-state index in [0.29, 0.717) is 18.1 Å². The summed E-state index contributed by atoms with van der Waals surface area (Å²) in [6.45, 7) is 1.82. The number of carboxylic acid groups (broad SMARTS) is 1. The second-order valence-corrected chi connectivity index (χ2v) is 8.44.